The van der Waals surface area contributed by atoms with Crippen LogP contribution in [0.4, 0.5) is 5.69 Å². The number of amides is 1. The van der Waals surface area contributed by atoms with Crippen LogP contribution in [-0.4, -0.2) is 18.1 Å². The van der Waals surface area contributed by atoms with Crippen molar-refractivity contribution in [1.82, 2.24) is 0 Å². The van der Waals surface area contributed by atoms with Crippen LogP contribution in [0, 0.1) is 6.92 Å². The average molecular weight is 292 g/mol. The topological polar surface area (TPSA) is 58.6 Å². The fourth-order valence-corrected chi connectivity index (χ4v) is 1.95. The number of carbonyl (C=O) groups is 1. The van der Waals surface area contributed by atoms with Crippen molar-refractivity contribution < 1.29 is 14.6 Å². The Bertz CT molecular complexity index is 656. The van der Waals surface area contributed by atoms with E-state index in [1.165, 1.54) is 7.11 Å². The Hall–Kier alpha value is -2.20. The highest BCUT2D eigenvalue weighted by Gasteiger charge is 2.14. The predicted octanol–water partition coefficient (Wildman–Crippen LogP) is 3.61. The molecule has 0 aromatic heterocycles. The van der Waals surface area contributed by atoms with Gasteiger partial charge in [0.15, 0.2) is 0 Å². The number of hydrogen-bond acceptors (Lipinski definition) is 3. The summed E-state index contributed by atoms with van der Waals surface area (Å²) in [6, 6.07) is 9.76. The number of carbonyl (C=O) groups excluding carboxylic acids is 1. The van der Waals surface area contributed by atoms with E-state index in [1.807, 2.05) is 6.92 Å². The molecule has 0 saturated carbocycles. The van der Waals surface area contributed by atoms with Crippen LogP contribution in [0.2, 0.25) is 5.02 Å². The first kappa shape index (κ1) is 14.2. The van der Waals surface area contributed by atoms with Gasteiger partial charge in [0.1, 0.15) is 11.5 Å². The summed E-state index contributed by atoms with van der Waals surface area (Å²) < 4.78 is 5.13. The van der Waals surface area contributed by atoms with E-state index in [0.717, 1.165) is 5.56 Å². The number of aromatic hydroxyl groups is 1. The summed E-state index contributed by atoms with van der Waals surface area (Å²) in [5.74, 6) is 0.0190. The fraction of sp³-hybridized carbons (Fsp3) is 0.133. The zero-order chi connectivity index (χ0) is 14.7. The Labute approximate surface area is 122 Å². The summed E-state index contributed by atoms with van der Waals surface area (Å²) in [4.78, 5) is 12.2. The zero-order valence-corrected chi connectivity index (χ0v) is 11.9. The number of nitrogens with one attached hydrogen (secondary N) is 1. The summed E-state index contributed by atoms with van der Waals surface area (Å²) in [6.07, 6.45) is 0. The van der Waals surface area contributed by atoms with Crippen LogP contribution in [0.1, 0.15) is 15.9 Å². The lowest BCUT2D eigenvalue weighted by Gasteiger charge is -2.11. The number of rotatable bonds is 3. The van der Waals surface area contributed by atoms with Gasteiger partial charge in [-0.3, -0.25) is 4.79 Å². The predicted molar refractivity (Wildman–Crippen MR) is 78.8 cm³/mol. The summed E-state index contributed by atoms with van der Waals surface area (Å²) in [5, 5.41) is 12.9. The van der Waals surface area contributed by atoms with Crippen LogP contribution in [0.5, 0.6) is 11.5 Å². The highest BCUT2D eigenvalue weighted by Crippen LogP contribution is 2.27. The smallest absolute Gasteiger partial charge is 0.259 e. The summed E-state index contributed by atoms with van der Waals surface area (Å²) in [7, 11) is 1.46. The molecule has 2 aromatic rings. The molecule has 0 aliphatic rings. The number of phenols is 1. The molecule has 2 rings (SSSR count). The number of ether oxygens (including phenoxy) is 1. The molecular formula is C15H14ClNO3. The second-order valence-corrected chi connectivity index (χ2v) is 4.76. The van der Waals surface area contributed by atoms with Gasteiger partial charge in [0, 0.05) is 5.02 Å². The van der Waals surface area contributed by atoms with Gasteiger partial charge < -0.3 is 15.2 Å². The molecule has 0 unspecified atom stereocenters. The van der Waals surface area contributed by atoms with Gasteiger partial charge in [-0.25, -0.2) is 0 Å². The van der Waals surface area contributed by atoms with Gasteiger partial charge in [-0.15, -0.1) is 0 Å². The number of methoxy groups -OCH3 is 1. The molecule has 0 saturated heterocycles. The second-order valence-electron chi connectivity index (χ2n) is 4.32. The van der Waals surface area contributed by atoms with E-state index in [2.05, 4.69) is 5.32 Å². The molecule has 20 heavy (non-hydrogen) atoms. The second kappa shape index (κ2) is 5.84. The number of hydrogen-bond donors (Lipinski definition) is 2. The van der Waals surface area contributed by atoms with Crippen molar-refractivity contribution in [1.29, 1.82) is 0 Å². The van der Waals surface area contributed by atoms with Crippen LogP contribution in [0.3, 0.4) is 0 Å². The van der Waals surface area contributed by atoms with E-state index in [9.17, 15) is 9.90 Å². The fourth-order valence-electron chi connectivity index (χ4n) is 1.79. The van der Waals surface area contributed by atoms with Crippen LogP contribution >= 0.6 is 11.6 Å². The van der Waals surface area contributed by atoms with Crippen molar-refractivity contribution in [3.63, 3.8) is 0 Å². The minimum absolute atomic E-state index is 0.0197. The first-order valence-corrected chi connectivity index (χ1v) is 6.33. The lowest BCUT2D eigenvalue weighted by atomic mass is 10.1. The molecule has 0 bridgehead atoms. The molecular weight excluding hydrogens is 278 g/mol. The number of anilines is 1. The van der Waals surface area contributed by atoms with Gasteiger partial charge in [-0.2, -0.15) is 0 Å². The zero-order valence-electron chi connectivity index (χ0n) is 11.1. The third-order valence-corrected chi connectivity index (χ3v) is 3.04. The van der Waals surface area contributed by atoms with Crippen LogP contribution < -0.4 is 10.1 Å². The van der Waals surface area contributed by atoms with Crippen molar-refractivity contribution in [2.45, 2.75) is 6.92 Å². The minimum Gasteiger partial charge on any atom is -0.506 e. The lowest BCUT2D eigenvalue weighted by molar-refractivity contribution is 0.102. The van der Waals surface area contributed by atoms with E-state index in [4.69, 9.17) is 16.3 Å². The van der Waals surface area contributed by atoms with Crippen LogP contribution in [0.15, 0.2) is 36.4 Å². The van der Waals surface area contributed by atoms with Crippen molar-refractivity contribution in [3.05, 3.63) is 52.5 Å². The van der Waals surface area contributed by atoms with E-state index >= 15 is 0 Å². The average Bonchev–Trinajstić information content (AvgIpc) is 2.41. The summed E-state index contributed by atoms with van der Waals surface area (Å²) in [5.41, 5.74) is 1.60. The molecule has 0 spiro atoms. The van der Waals surface area contributed by atoms with Gasteiger partial charge in [-0.1, -0.05) is 17.7 Å². The molecule has 0 heterocycles. The van der Waals surface area contributed by atoms with Crippen LogP contribution in [0.25, 0.3) is 0 Å². The largest absolute Gasteiger partial charge is 0.506 e. The highest BCUT2D eigenvalue weighted by molar-refractivity contribution is 6.31. The summed E-state index contributed by atoms with van der Waals surface area (Å²) in [6.45, 7) is 1.85. The van der Waals surface area contributed by atoms with Crippen molar-refractivity contribution in [2.24, 2.45) is 0 Å². The number of aryl methyl sites for hydroxylation is 1. The van der Waals surface area contributed by atoms with Crippen molar-refractivity contribution in [2.75, 3.05) is 12.4 Å². The quantitative estimate of drug-likeness (QED) is 0.849. The Morgan fingerprint density at radius 2 is 2.00 bits per heavy atom. The maximum absolute atomic E-state index is 12.2. The Morgan fingerprint density at radius 1 is 1.25 bits per heavy atom. The van der Waals surface area contributed by atoms with Gasteiger partial charge in [0.2, 0.25) is 0 Å². The molecule has 0 aliphatic carbocycles. The molecule has 104 valence electrons. The Balaban J connectivity index is 2.28. The first-order chi connectivity index (χ1) is 9.51. The molecule has 1 amide bonds. The lowest BCUT2D eigenvalue weighted by Crippen LogP contribution is -2.13. The highest BCUT2D eigenvalue weighted by atomic mass is 35.5. The summed E-state index contributed by atoms with van der Waals surface area (Å²) >= 11 is 5.85. The number of benzene rings is 2. The first-order valence-electron chi connectivity index (χ1n) is 5.96. The Morgan fingerprint density at radius 3 is 2.65 bits per heavy atom. The maximum atomic E-state index is 12.2. The van der Waals surface area contributed by atoms with E-state index in [-0.39, 0.29) is 11.7 Å². The molecule has 0 aliphatic heterocycles. The SMILES string of the molecule is COc1cc(Cl)ccc1C(=O)Nc1ccc(C)cc1O. The molecule has 0 fully saturated rings. The maximum Gasteiger partial charge on any atom is 0.259 e. The number of halogens is 1. The third kappa shape index (κ3) is 3.03. The van der Waals surface area contributed by atoms with Crippen LogP contribution in [-0.2, 0) is 0 Å². The standard InChI is InChI=1S/C15H14ClNO3/c1-9-3-6-12(13(18)7-9)17-15(19)11-5-4-10(16)8-14(11)20-2/h3-8,18H,1-2H3,(H,17,19). The monoisotopic (exact) mass is 291 g/mol. The van der Waals surface area contributed by atoms with Gasteiger partial charge >= 0.3 is 0 Å². The Kier molecular flexibility index (Phi) is 4.15. The van der Waals surface area contributed by atoms with Crippen molar-refractivity contribution in [3.8, 4) is 11.5 Å². The van der Waals surface area contributed by atoms with E-state index in [1.54, 1.807) is 36.4 Å². The van der Waals surface area contributed by atoms with E-state index < -0.39 is 0 Å². The van der Waals surface area contributed by atoms with Gasteiger partial charge in [-0.05, 0) is 42.8 Å². The third-order valence-electron chi connectivity index (χ3n) is 2.81. The minimum atomic E-state index is -0.377. The molecule has 0 atom stereocenters. The molecule has 5 heteroatoms. The number of phenolic OH excluding ortho intramolecular Hbond substituents is 1. The molecule has 2 N–H and O–H groups in total. The van der Waals surface area contributed by atoms with Crippen molar-refractivity contribution >= 4 is 23.2 Å². The van der Waals surface area contributed by atoms with Gasteiger partial charge in [0.05, 0.1) is 18.4 Å². The molecule has 2 aromatic carbocycles. The normalized spacial score (nSPS) is 10.2. The molecule has 0 radical (unpaired) electrons. The molecule has 4 nitrogen and oxygen atoms in total. The van der Waals surface area contributed by atoms with Gasteiger partial charge in [0.25, 0.3) is 5.91 Å². The van der Waals surface area contributed by atoms with E-state index in [0.29, 0.717) is 22.0 Å².